The maximum Gasteiger partial charge on any atom is 0.289 e. The monoisotopic (exact) mass is 272 g/mol. The second-order valence-corrected chi connectivity index (χ2v) is 4.64. The molecule has 1 atom stereocenters. The molecule has 5 heteroatoms. The molecule has 0 aliphatic carbocycles. The number of nitrogens with two attached hydrogens (primary N) is 1. The van der Waals surface area contributed by atoms with Crippen molar-refractivity contribution in [1.29, 1.82) is 0 Å². The molecule has 15 heavy (non-hydrogen) atoms. The summed E-state index contributed by atoms with van der Waals surface area (Å²) in [6, 6.07) is 1.90. The summed E-state index contributed by atoms with van der Waals surface area (Å²) in [6.07, 6.45) is 0.868. The van der Waals surface area contributed by atoms with Gasteiger partial charge in [0.1, 0.15) is 0 Å². The summed E-state index contributed by atoms with van der Waals surface area (Å²) >= 11 is 3.21. The molecule has 1 fully saturated rings. The molecular weight excluding hydrogens is 260 g/mol. The minimum atomic E-state index is -0.0637. The number of carbonyl (C=O) groups is 1. The van der Waals surface area contributed by atoms with Crippen LogP contribution in [0.1, 0.15) is 22.5 Å². The smallest absolute Gasteiger partial charge is 0.289 e. The van der Waals surface area contributed by atoms with Gasteiger partial charge in [0.25, 0.3) is 5.91 Å². The average molecular weight is 273 g/mol. The predicted octanol–water partition coefficient (Wildman–Crippen LogP) is 1.52. The first-order chi connectivity index (χ1) is 7.08. The molecule has 0 aromatic carbocycles. The summed E-state index contributed by atoms with van der Waals surface area (Å²) < 4.78 is 5.90. The van der Waals surface area contributed by atoms with Crippen molar-refractivity contribution in [2.45, 2.75) is 19.4 Å². The number of hydrogen-bond acceptors (Lipinski definition) is 3. The van der Waals surface area contributed by atoms with Gasteiger partial charge in [-0.25, -0.2) is 0 Å². The van der Waals surface area contributed by atoms with E-state index in [2.05, 4.69) is 15.9 Å². The molecule has 0 bridgehead atoms. The molecule has 1 aromatic heterocycles. The molecule has 1 amide bonds. The van der Waals surface area contributed by atoms with Crippen LogP contribution in [0.4, 0.5) is 0 Å². The molecule has 1 unspecified atom stereocenters. The van der Waals surface area contributed by atoms with Crippen molar-refractivity contribution in [2.24, 2.45) is 5.73 Å². The highest BCUT2D eigenvalue weighted by Crippen LogP contribution is 2.22. The molecular formula is C10H13BrN2O2. The Bertz CT molecular complexity index is 389. The number of halogens is 1. The van der Waals surface area contributed by atoms with Crippen LogP contribution in [0, 0.1) is 6.92 Å². The van der Waals surface area contributed by atoms with Crippen LogP contribution in [0.5, 0.6) is 0 Å². The minimum absolute atomic E-state index is 0.0637. The standard InChI is InChI=1S/C10H13BrN2O2/c1-6-4-8(11)15-9(6)10(14)13-3-2-7(12)5-13/h4,7H,2-3,5,12H2,1H3. The number of nitrogens with zero attached hydrogens (tertiary/aromatic N) is 1. The number of furan rings is 1. The van der Waals surface area contributed by atoms with Crippen molar-refractivity contribution in [3.63, 3.8) is 0 Å². The fourth-order valence-corrected chi connectivity index (χ4v) is 2.28. The van der Waals surface area contributed by atoms with Crippen LogP contribution in [-0.2, 0) is 0 Å². The molecule has 2 N–H and O–H groups in total. The average Bonchev–Trinajstić information content (AvgIpc) is 2.71. The molecule has 4 nitrogen and oxygen atoms in total. The van der Waals surface area contributed by atoms with Gasteiger partial charge in [-0.05, 0) is 35.3 Å². The molecule has 1 saturated heterocycles. The lowest BCUT2D eigenvalue weighted by Crippen LogP contribution is -2.31. The van der Waals surface area contributed by atoms with Gasteiger partial charge < -0.3 is 15.1 Å². The molecule has 0 saturated carbocycles. The van der Waals surface area contributed by atoms with Crippen molar-refractivity contribution in [3.05, 3.63) is 22.1 Å². The largest absolute Gasteiger partial charge is 0.444 e. The number of likely N-dealkylation sites (tertiary alicyclic amines) is 1. The van der Waals surface area contributed by atoms with E-state index in [9.17, 15) is 4.79 Å². The number of rotatable bonds is 1. The highest BCUT2D eigenvalue weighted by molar-refractivity contribution is 9.10. The Morgan fingerprint density at radius 1 is 1.73 bits per heavy atom. The van der Waals surface area contributed by atoms with Gasteiger partial charge in [-0.2, -0.15) is 0 Å². The van der Waals surface area contributed by atoms with Gasteiger partial charge in [0.15, 0.2) is 10.4 Å². The van der Waals surface area contributed by atoms with Crippen molar-refractivity contribution in [2.75, 3.05) is 13.1 Å². The fraction of sp³-hybridized carbons (Fsp3) is 0.500. The van der Waals surface area contributed by atoms with Crippen LogP contribution < -0.4 is 5.73 Å². The molecule has 2 heterocycles. The highest BCUT2D eigenvalue weighted by Gasteiger charge is 2.27. The van der Waals surface area contributed by atoms with Gasteiger partial charge in [-0.1, -0.05) is 0 Å². The molecule has 2 rings (SSSR count). The Morgan fingerprint density at radius 2 is 2.47 bits per heavy atom. The number of amides is 1. The number of aryl methyl sites for hydroxylation is 1. The Balaban J connectivity index is 2.17. The molecule has 0 radical (unpaired) electrons. The topological polar surface area (TPSA) is 59.5 Å². The zero-order valence-electron chi connectivity index (χ0n) is 8.50. The van der Waals surface area contributed by atoms with Crippen LogP contribution in [0.3, 0.4) is 0 Å². The van der Waals surface area contributed by atoms with Crippen LogP contribution in [0.2, 0.25) is 0 Å². The van der Waals surface area contributed by atoms with Gasteiger partial charge in [0.05, 0.1) is 0 Å². The normalized spacial score (nSPS) is 21.0. The van der Waals surface area contributed by atoms with Crippen LogP contribution in [-0.4, -0.2) is 29.9 Å². The quantitative estimate of drug-likeness (QED) is 0.844. The van der Waals surface area contributed by atoms with E-state index in [0.29, 0.717) is 17.0 Å². The van der Waals surface area contributed by atoms with E-state index >= 15 is 0 Å². The number of carbonyl (C=O) groups excluding carboxylic acids is 1. The summed E-state index contributed by atoms with van der Waals surface area (Å²) in [5, 5.41) is 0. The predicted molar refractivity (Wildman–Crippen MR) is 59.6 cm³/mol. The van der Waals surface area contributed by atoms with Crippen molar-refractivity contribution >= 4 is 21.8 Å². The number of hydrogen-bond donors (Lipinski definition) is 1. The third-order valence-electron chi connectivity index (χ3n) is 2.59. The summed E-state index contributed by atoms with van der Waals surface area (Å²) in [5.41, 5.74) is 6.60. The van der Waals surface area contributed by atoms with Crippen molar-refractivity contribution < 1.29 is 9.21 Å². The lowest BCUT2D eigenvalue weighted by Gasteiger charge is -2.14. The third kappa shape index (κ3) is 2.08. The summed E-state index contributed by atoms with van der Waals surface area (Å²) in [6.45, 7) is 3.20. The van der Waals surface area contributed by atoms with Crippen molar-refractivity contribution in [3.8, 4) is 0 Å². The first kappa shape index (κ1) is 10.7. The minimum Gasteiger partial charge on any atom is -0.444 e. The fourth-order valence-electron chi connectivity index (χ4n) is 1.77. The maximum atomic E-state index is 12.0. The van der Waals surface area contributed by atoms with E-state index in [0.717, 1.165) is 18.5 Å². The Hall–Kier alpha value is -0.810. The second kappa shape index (κ2) is 3.98. The second-order valence-electron chi connectivity index (χ2n) is 3.86. The van der Waals surface area contributed by atoms with Crippen LogP contribution >= 0.6 is 15.9 Å². The van der Waals surface area contributed by atoms with E-state index in [1.165, 1.54) is 0 Å². The molecule has 1 aromatic rings. The lowest BCUT2D eigenvalue weighted by atomic mass is 10.2. The molecule has 0 spiro atoms. The third-order valence-corrected chi connectivity index (χ3v) is 2.98. The van der Waals surface area contributed by atoms with Gasteiger partial charge in [0.2, 0.25) is 0 Å². The maximum absolute atomic E-state index is 12.0. The van der Waals surface area contributed by atoms with Gasteiger partial charge >= 0.3 is 0 Å². The summed E-state index contributed by atoms with van der Waals surface area (Å²) in [5.74, 6) is 0.349. The van der Waals surface area contributed by atoms with Gasteiger partial charge in [-0.3, -0.25) is 4.79 Å². The molecule has 1 aliphatic rings. The lowest BCUT2D eigenvalue weighted by molar-refractivity contribution is 0.0757. The van der Waals surface area contributed by atoms with E-state index in [4.69, 9.17) is 10.2 Å². The molecule has 1 aliphatic heterocycles. The van der Waals surface area contributed by atoms with E-state index in [1.807, 2.05) is 6.92 Å². The van der Waals surface area contributed by atoms with Crippen LogP contribution in [0.15, 0.2) is 15.2 Å². The molecule has 82 valence electrons. The van der Waals surface area contributed by atoms with Crippen molar-refractivity contribution in [1.82, 2.24) is 4.90 Å². The van der Waals surface area contributed by atoms with Gasteiger partial charge in [-0.15, -0.1) is 0 Å². The highest BCUT2D eigenvalue weighted by atomic mass is 79.9. The summed E-state index contributed by atoms with van der Waals surface area (Å²) in [7, 11) is 0. The first-order valence-electron chi connectivity index (χ1n) is 4.88. The summed E-state index contributed by atoms with van der Waals surface area (Å²) in [4.78, 5) is 13.7. The first-order valence-corrected chi connectivity index (χ1v) is 5.68. The van der Waals surface area contributed by atoms with E-state index < -0.39 is 0 Å². The van der Waals surface area contributed by atoms with E-state index in [1.54, 1.807) is 11.0 Å². The SMILES string of the molecule is Cc1cc(Br)oc1C(=O)N1CCC(N)C1. The Labute approximate surface area is 96.5 Å². The Kier molecular flexibility index (Phi) is 2.84. The van der Waals surface area contributed by atoms with Gasteiger partial charge in [0, 0.05) is 24.7 Å². The van der Waals surface area contributed by atoms with Crippen LogP contribution in [0.25, 0.3) is 0 Å². The zero-order valence-corrected chi connectivity index (χ0v) is 10.1. The van der Waals surface area contributed by atoms with E-state index in [-0.39, 0.29) is 11.9 Å². The Morgan fingerprint density at radius 3 is 2.93 bits per heavy atom. The zero-order chi connectivity index (χ0) is 11.0.